The normalized spacial score (nSPS) is 24.1. The number of hydrogen-bond acceptors (Lipinski definition) is 7. The number of nitrogens with zero attached hydrogens (tertiary/aromatic N) is 5. The molecule has 3 aliphatic rings. The molecule has 226 valence electrons. The largest absolute Gasteiger partial charge is 0.501 e. The number of hydrogen-bond donors (Lipinski definition) is 1. The minimum atomic E-state index is -0.720. The number of urea groups is 1. The highest BCUT2D eigenvalue weighted by Gasteiger charge is 2.64. The first-order valence-corrected chi connectivity index (χ1v) is 14.8. The van der Waals surface area contributed by atoms with Crippen molar-refractivity contribution in [3.63, 3.8) is 0 Å². The molecule has 0 radical (unpaired) electrons. The topological polar surface area (TPSA) is 92.2 Å². The lowest BCUT2D eigenvalue weighted by Crippen LogP contribution is -2.58. The van der Waals surface area contributed by atoms with Gasteiger partial charge in [-0.15, -0.1) is 0 Å². The molecule has 6 rings (SSSR count). The van der Waals surface area contributed by atoms with Gasteiger partial charge in [-0.1, -0.05) is 24.3 Å². The van der Waals surface area contributed by atoms with E-state index in [2.05, 4.69) is 29.2 Å². The Labute approximate surface area is 252 Å². The number of carbonyl (C=O) groups is 1. The molecule has 2 aromatic carbocycles. The second-order valence-corrected chi connectivity index (χ2v) is 11.9. The number of aromatic nitrogens is 2. The van der Waals surface area contributed by atoms with E-state index in [1.165, 1.54) is 0 Å². The summed E-state index contributed by atoms with van der Waals surface area (Å²) < 4.78 is 13.5. The summed E-state index contributed by atoms with van der Waals surface area (Å²) >= 11 is 0. The fraction of sp³-hybridized carbons (Fsp3) is 0.424. The van der Waals surface area contributed by atoms with Crippen molar-refractivity contribution in [2.24, 2.45) is 5.92 Å². The number of amides is 2. The van der Waals surface area contributed by atoms with Crippen LogP contribution in [0.3, 0.4) is 0 Å². The van der Waals surface area contributed by atoms with Crippen LogP contribution in [0.1, 0.15) is 37.7 Å². The Hall–Kier alpha value is -4.15. The maximum Gasteiger partial charge on any atom is 0.326 e. The standard InChI is InChI=1S/C33H40N6O4/c1-21-10-9-11-24(18-21)34-32(41)38(29-15-14-28(42-5)26-19-33(26,29)43-6)23(3)30-35-27-13-8-7-12-25(27)31(40)39(30)37-17-16-36(4)22(2)20-37/h7-15,18,22-23,26H,16-17,19-20H2,1-6H3,(H,34,41). The first-order chi connectivity index (χ1) is 20.7. The van der Waals surface area contributed by atoms with Gasteiger partial charge in [0.15, 0.2) is 5.82 Å². The van der Waals surface area contributed by atoms with E-state index >= 15 is 0 Å². The van der Waals surface area contributed by atoms with E-state index in [0.717, 1.165) is 17.9 Å². The molecule has 0 spiro atoms. The Morgan fingerprint density at radius 3 is 2.65 bits per heavy atom. The summed E-state index contributed by atoms with van der Waals surface area (Å²) in [6.07, 6.45) is 4.50. The van der Waals surface area contributed by atoms with Gasteiger partial charge in [-0.2, -0.15) is 0 Å². The van der Waals surface area contributed by atoms with Crippen LogP contribution in [-0.2, 0) is 9.47 Å². The number of anilines is 1. The van der Waals surface area contributed by atoms with Crippen LogP contribution in [0.4, 0.5) is 10.5 Å². The summed E-state index contributed by atoms with van der Waals surface area (Å²) in [5.41, 5.74) is 2.15. The molecule has 1 aliphatic heterocycles. The zero-order valence-corrected chi connectivity index (χ0v) is 25.7. The zero-order chi connectivity index (χ0) is 30.5. The van der Waals surface area contributed by atoms with Gasteiger partial charge in [0, 0.05) is 38.5 Å². The Morgan fingerprint density at radius 2 is 1.93 bits per heavy atom. The second kappa shape index (κ2) is 11.2. The van der Waals surface area contributed by atoms with Crippen molar-refractivity contribution < 1.29 is 14.3 Å². The third-order valence-corrected chi connectivity index (χ3v) is 9.20. The summed E-state index contributed by atoms with van der Waals surface area (Å²) in [4.78, 5) is 37.6. The minimum absolute atomic E-state index is 0.00536. The minimum Gasteiger partial charge on any atom is -0.501 e. The van der Waals surface area contributed by atoms with Crippen molar-refractivity contribution in [3.05, 3.63) is 93.9 Å². The van der Waals surface area contributed by atoms with Gasteiger partial charge in [0.1, 0.15) is 11.4 Å². The third-order valence-electron chi connectivity index (χ3n) is 9.20. The van der Waals surface area contributed by atoms with Crippen molar-refractivity contribution >= 4 is 22.6 Å². The highest BCUT2D eigenvalue weighted by atomic mass is 16.5. The molecule has 43 heavy (non-hydrogen) atoms. The Morgan fingerprint density at radius 1 is 1.14 bits per heavy atom. The lowest BCUT2D eigenvalue weighted by atomic mass is 10.0. The van der Waals surface area contributed by atoms with Crippen LogP contribution in [0, 0.1) is 12.8 Å². The quantitative estimate of drug-likeness (QED) is 0.440. The zero-order valence-electron chi connectivity index (χ0n) is 25.7. The smallest absolute Gasteiger partial charge is 0.326 e. The average Bonchev–Trinajstić information content (AvgIpc) is 3.75. The summed E-state index contributed by atoms with van der Waals surface area (Å²) in [6.45, 7) is 8.18. The van der Waals surface area contributed by atoms with E-state index in [0.29, 0.717) is 47.6 Å². The molecule has 3 aromatic rings. The summed E-state index contributed by atoms with van der Waals surface area (Å²) in [6, 6.07) is 14.4. The van der Waals surface area contributed by atoms with Gasteiger partial charge in [0.05, 0.1) is 35.7 Å². The van der Waals surface area contributed by atoms with Crippen LogP contribution in [0.25, 0.3) is 10.9 Å². The molecule has 1 saturated carbocycles. The molecular formula is C33H40N6O4. The molecule has 10 heteroatoms. The number of piperazine rings is 1. The van der Waals surface area contributed by atoms with E-state index in [1.807, 2.05) is 74.5 Å². The first-order valence-electron chi connectivity index (χ1n) is 14.8. The molecule has 4 atom stereocenters. The van der Waals surface area contributed by atoms with Crippen LogP contribution in [0.5, 0.6) is 0 Å². The summed E-state index contributed by atoms with van der Waals surface area (Å²) in [7, 11) is 5.42. The van der Waals surface area contributed by atoms with Crippen molar-refractivity contribution in [3.8, 4) is 0 Å². The van der Waals surface area contributed by atoms with E-state index in [4.69, 9.17) is 14.5 Å². The Kier molecular flexibility index (Phi) is 7.52. The lowest BCUT2D eigenvalue weighted by Gasteiger charge is -2.42. The molecule has 2 amide bonds. The highest BCUT2D eigenvalue weighted by molar-refractivity contribution is 5.91. The highest BCUT2D eigenvalue weighted by Crippen LogP contribution is 2.59. The molecule has 0 bridgehead atoms. The Balaban J connectivity index is 1.51. The monoisotopic (exact) mass is 584 g/mol. The van der Waals surface area contributed by atoms with Crippen LogP contribution in [-0.4, -0.2) is 78.0 Å². The number of aryl methyl sites for hydroxylation is 1. The number of para-hydroxylation sites is 1. The van der Waals surface area contributed by atoms with Crippen LogP contribution in [0.15, 0.2) is 76.9 Å². The maximum absolute atomic E-state index is 14.4. The van der Waals surface area contributed by atoms with Crippen molar-refractivity contribution in [1.82, 2.24) is 19.5 Å². The number of likely N-dealkylation sites (N-methyl/N-ethyl adjacent to an activating group) is 1. The van der Waals surface area contributed by atoms with E-state index in [9.17, 15) is 9.59 Å². The van der Waals surface area contributed by atoms with Gasteiger partial charge < -0.3 is 24.7 Å². The van der Waals surface area contributed by atoms with Crippen LogP contribution >= 0.6 is 0 Å². The predicted molar refractivity (Wildman–Crippen MR) is 168 cm³/mol. The maximum atomic E-state index is 14.4. The molecule has 4 unspecified atom stereocenters. The van der Waals surface area contributed by atoms with Gasteiger partial charge in [-0.3, -0.25) is 9.69 Å². The molecule has 2 heterocycles. The van der Waals surface area contributed by atoms with Gasteiger partial charge in [-0.25, -0.2) is 14.5 Å². The molecule has 1 aromatic heterocycles. The number of carbonyl (C=O) groups excluding carboxylic acids is 1. The average molecular weight is 585 g/mol. The van der Waals surface area contributed by atoms with Gasteiger partial charge in [0.2, 0.25) is 0 Å². The van der Waals surface area contributed by atoms with Gasteiger partial charge >= 0.3 is 6.03 Å². The van der Waals surface area contributed by atoms with Crippen LogP contribution < -0.4 is 15.9 Å². The van der Waals surface area contributed by atoms with Crippen molar-refractivity contribution in [2.75, 3.05) is 51.2 Å². The number of allylic oxidation sites excluding steroid dienone is 2. The lowest BCUT2D eigenvalue weighted by molar-refractivity contribution is 0.0620. The Bertz CT molecular complexity index is 1680. The number of benzene rings is 2. The van der Waals surface area contributed by atoms with Crippen molar-refractivity contribution in [1.29, 1.82) is 0 Å². The van der Waals surface area contributed by atoms with E-state index in [-0.39, 0.29) is 23.6 Å². The number of fused-ring (bicyclic) bond motifs is 2. The molecule has 1 N–H and O–H groups in total. The molecule has 2 fully saturated rings. The molecular weight excluding hydrogens is 544 g/mol. The fourth-order valence-corrected chi connectivity index (χ4v) is 6.51. The van der Waals surface area contributed by atoms with E-state index in [1.54, 1.807) is 23.8 Å². The fourth-order valence-electron chi connectivity index (χ4n) is 6.51. The molecule has 1 saturated heterocycles. The van der Waals surface area contributed by atoms with Crippen molar-refractivity contribution in [2.45, 2.75) is 44.9 Å². The number of rotatable bonds is 7. The molecule has 10 nitrogen and oxygen atoms in total. The number of ether oxygens (including phenoxy) is 2. The SMILES string of the molecule is COC1=CC=C(N(C(=O)Nc2cccc(C)c2)C(C)c2nc3ccccc3c(=O)n2N2CCN(C)C(C)C2)C2(OC)CC12. The summed E-state index contributed by atoms with van der Waals surface area (Å²) in [5.74, 6) is 1.31. The van der Waals surface area contributed by atoms with Gasteiger partial charge in [-0.05, 0) is 76.2 Å². The van der Waals surface area contributed by atoms with Crippen LogP contribution in [0.2, 0.25) is 0 Å². The van der Waals surface area contributed by atoms with Gasteiger partial charge in [0.25, 0.3) is 5.56 Å². The first kappa shape index (κ1) is 28.9. The predicted octanol–water partition coefficient (Wildman–Crippen LogP) is 4.40. The molecule has 2 aliphatic carbocycles. The summed E-state index contributed by atoms with van der Waals surface area (Å²) in [5, 5.41) is 5.71. The van der Waals surface area contributed by atoms with E-state index < -0.39 is 11.6 Å². The number of methoxy groups -OCH3 is 2. The third kappa shape index (κ3) is 4.98. The second-order valence-electron chi connectivity index (χ2n) is 11.9. The number of nitrogens with one attached hydrogen (secondary N) is 1.